The monoisotopic (exact) mass is 187 g/mol. The maximum absolute atomic E-state index is 5.41. The average molecular weight is 187 g/mol. The Balaban J connectivity index is 0. The fraction of sp³-hybridized carbons (Fsp3) is 0.818. The summed E-state index contributed by atoms with van der Waals surface area (Å²) in [5.41, 5.74) is -0.0104. The lowest BCUT2D eigenvalue weighted by atomic mass is 10.1. The van der Waals surface area contributed by atoms with Crippen LogP contribution in [0.5, 0.6) is 0 Å². The van der Waals surface area contributed by atoms with E-state index >= 15 is 0 Å². The van der Waals surface area contributed by atoms with Crippen molar-refractivity contribution in [1.82, 2.24) is 5.32 Å². The van der Waals surface area contributed by atoms with Gasteiger partial charge in [-0.25, -0.2) is 0 Å². The Morgan fingerprint density at radius 1 is 1.23 bits per heavy atom. The van der Waals surface area contributed by atoms with E-state index in [4.69, 9.17) is 4.74 Å². The van der Waals surface area contributed by atoms with Crippen LogP contribution in [-0.2, 0) is 4.74 Å². The molecule has 0 fully saturated rings. The molecule has 0 aromatic rings. The molecule has 0 aromatic heterocycles. The highest BCUT2D eigenvalue weighted by Crippen LogP contribution is 2.05. The Kier molecular flexibility index (Phi) is 11.4. The lowest BCUT2D eigenvalue weighted by Gasteiger charge is -2.23. The van der Waals surface area contributed by atoms with Gasteiger partial charge in [0.25, 0.3) is 0 Å². The summed E-state index contributed by atoms with van der Waals surface area (Å²) in [6, 6.07) is 0. The van der Waals surface area contributed by atoms with Gasteiger partial charge in [0.2, 0.25) is 0 Å². The van der Waals surface area contributed by atoms with Crippen LogP contribution in [0, 0.1) is 0 Å². The summed E-state index contributed by atoms with van der Waals surface area (Å²) in [5, 5.41) is 3.07. The lowest BCUT2D eigenvalue weighted by molar-refractivity contribution is -0.00746. The van der Waals surface area contributed by atoms with Crippen LogP contribution in [0.3, 0.4) is 0 Å². The standard InChI is InChI=1S/C7H17NO.C4H8/c1-5-9-7(2,3)6-8-4;1-3-4-2/h8H,5-6H2,1-4H3;3-4H,1-2H3/b;4-3+. The van der Waals surface area contributed by atoms with E-state index in [1.54, 1.807) is 0 Å². The van der Waals surface area contributed by atoms with Crippen LogP contribution in [0.4, 0.5) is 0 Å². The van der Waals surface area contributed by atoms with Crippen LogP contribution in [0.15, 0.2) is 12.2 Å². The van der Waals surface area contributed by atoms with Crippen LogP contribution in [0.2, 0.25) is 0 Å². The lowest BCUT2D eigenvalue weighted by Crippen LogP contribution is -2.35. The van der Waals surface area contributed by atoms with E-state index in [0.717, 1.165) is 13.2 Å². The molecule has 0 radical (unpaired) electrons. The van der Waals surface area contributed by atoms with Crippen molar-refractivity contribution in [2.45, 2.75) is 40.2 Å². The third-order valence-electron chi connectivity index (χ3n) is 1.47. The molecule has 0 aliphatic heterocycles. The van der Waals surface area contributed by atoms with Crippen molar-refractivity contribution >= 4 is 0 Å². The van der Waals surface area contributed by atoms with Gasteiger partial charge in [-0.05, 0) is 41.7 Å². The van der Waals surface area contributed by atoms with Gasteiger partial charge in [0.05, 0.1) is 5.60 Å². The highest BCUT2D eigenvalue weighted by atomic mass is 16.5. The predicted molar refractivity (Wildman–Crippen MR) is 60.1 cm³/mol. The van der Waals surface area contributed by atoms with Gasteiger partial charge in [0, 0.05) is 13.2 Å². The molecule has 0 bridgehead atoms. The minimum atomic E-state index is -0.0104. The molecule has 0 heterocycles. The third kappa shape index (κ3) is 14.5. The molecule has 13 heavy (non-hydrogen) atoms. The molecule has 0 aromatic carbocycles. The van der Waals surface area contributed by atoms with Crippen molar-refractivity contribution < 1.29 is 4.74 Å². The molecule has 0 saturated heterocycles. The number of rotatable bonds is 4. The normalized spacial score (nSPS) is 11.2. The summed E-state index contributed by atoms with van der Waals surface area (Å²) in [4.78, 5) is 0. The Labute approximate surface area is 83.4 Å². The number of nitrogens with one attached hydrogen (secondary N) is 1. The summed E-state index contributed by atoms with van der Waals surface area (Å²) < 4.78 is 5.41. The van der Waals surface area contributed by atoms with Crippen LogP contribution >= 0.6 is 0 Å². The second kappa shape index (κ2) is 9.75. The molecule has 0 rings (SSSR count). The van der Waals surface area contributed by atoms with Crippen LogP contribution in [0.25, 0.3) is 0 Å². The first-order chi connectivity index (χ1) is 6.04. The minimum Gasteiger partial charge on any atom is -0.375 e. The molecule has 1 N–H and O–H groups in total. The topological polar surface area (TPSA) is 21.3 Å². The van der Waals surface area contributed by atoms with Crippen LogP contribution < -0.4 is 5.32 Å². The van der Waals surface area contributed by atoms with Gasteiger partial charge in [-0.3, -0.25) is 0 Å². The van der Waals surface area contributed by atoms with Gasteiger partial charge < -0.3 is 10.1 Å². The zero-order chi connectivity index (χ0) is 10.7. The summed E-state index contributed by atoms with van der Waals surface area (Å²) in [6.45, 7) is 11.9. The van der Waals surface area contributed by atoms with Crippen LogP contribution in [-0.4, -0.2) is 25.8 Å². The molecule has 0 atom stereocenters. The zero-order valence-corrected chi connectivity index (χ0v) is 9.98. The van der Waals surface area contributed by atoms with Crippen molar-refractivity contribution in [2.24, 2.45) is 0 Å². The quantitative estimate of drug-likeness (QED) is 0.683. The molecular formula is C11H25NO. The highest BCUT2D eigenvalue weighted by Gasteiger charge is 2.14. The van der Waals surface area contributed by atoms with Crippen molar-refractivity contribution in [3.63, 3.8) is 0 Å². The van der Waals surface area contributed by atoms with Crippen LogP contribution in [0.1, 0.15) is 34.6 Å². The summed E-state index contributed by atoms with van der Waals surface area (Å²) >= 11 is 0. The maximum atomic E-state index is 5.41. The molecule has 80 valence electrons. The zero-order valence-electron chi connectivity index (χ0n) is 9.98. The van der Waals surface area contributed by atoms with Gasteiger partial charge in [0.1, 0.15) is 0 Å². The van der Waals surface area contributed by atoms with Crippen molar-refractivity contribution in [3.8, 4) is 0 Å². The molecule has 0 spiro atoms. The number of hydrogen-bond donors (Lipinski definition) is 1. The van der Waals surface area contributed by atoms with Crippen molar-refractivity contribution in [1.29, 1.82) is 0 Å². The van der Waals surface area contributed by atoms with E-state index < -0.39 is 0 Å². The van der Waals surface area contributed by atoms with Gasteiger partial charge in [0.15, 0.2) is 0 Å². The van der Waals surface area contributed by atoms with Gasteiger partial charge in [-0.2, -0.15) is 0 Å². The maximum Gasteiger partial charge on any atom is 0.0750 e. The largest absolute Gasteiger partial charge is 0.375 e. The Bertz CT molecular complexity index is 107. The minimum absolute atomic E-state index is 0.0104. The SMILES string of the molecule is C/C=C/C.CCOC(C)(C)CNC. The number of ether oxygens (including phenoxy) is 1. The van der Waals surface area contributed by atoms with E-state index in [1.807, 2.05) is 40.0 Å². The Morgan fingerprint density at radius 3 is 1.92 bits per heavy atom. The first kappa shape index (κ1) is 15.1. The fourth-order valence-corrected chi connectivity index (χ4v) is 0.867. The second-order valence-electron chi connectivity index (χ2n) is 3.39. The van der Waals surface area contributed by atoms with Crippen molar-refractivity contribution in [2.75, 3.05) is 20.2 Å². The van der Waals surface area contributed by atoms with E-state index in [1.165, 1.54) is 0 Å². The summed E-state index contributed by atoms with van der Waals surface area (Å²) in [7, 11) is 1.93. The van der Waals surface area contributed by atoms with E-state index in [0.29, 0.717) is 0 Å². The van der Waals surface area contributed by atoms with Gasteiger partial charge >= 0.3 is 0 Å². The third-order valence-corrected chi connectivity index (χ3v) is 1.47. The van der Waals surface area contributed by atoms with E-state index in [9.17, 15) is 0 Å². The van der Waals surface area contributed by atoms with Crippen molar-refractivity contribution in [3.05, 3.63) is 12.2 Å². The Morgan fingerprint density at radius 2 is 1.69 bits per heavy atom. The molecule has 2 heteroatoms. The number of hydrogen-bond acceptors (Lipinski definition) is 2. The first-order valence-electron chi connectivity index (χ1n) is 4.90. The average Bonchev–Trinajstić information content (AvgIpc) is 2.04. The Hall–Kier alpha value is -0.340. The molecule has 0 saturated carbocycles. The number of likely N-dealkylation sites (N-methyl/N-ethyl adjacent to an activating group) is 1. The van der Waals surface area contributed by atoms with E-state index in [-0.39, 0.29) is 5.60 Å². The first-order valence-corrected chi connectivity index (χ1v) is 4.90. The highest BCUT2D eigenvalue weighted by molar-refractivity contribution is 4.69. The summed E-state index contributed by atoms with van der Waals surface area (Å²) in [6.07, 6.45) is 4.00. The molecule has 2 nitrogen and oxygen atoms in total. The van der Waals surface area contributed by atoms with Gasteiger partial charge in [-0.15, -0.1) is 0 Å². The molecule has 0 amide bonds. The molecule has 0 aliphatic rings. The fourth-order valence-electron chi connectivity index (χ4n) is 0.867. The number of allylic oxidation sites excluding steroid dienone is 2. The summed E-state index contributed by atoms with van der Waals surface area (Å²) in [5.74, 6) is 0. The molecular weight excluding hydrogens is 162 g/mol. The predicted octanol–water partition coefficient (Wildman–Crippen LogP) is 2.60. The molecule has 0 unspecified atom stereocenters. The van der Waals surface area contributed by atoms with Gasteiger partial charge in [-0.1, -0.05) is 12.2 Å². The second-order valence-corrected chi connectivity index (χ2v) is 3.39. The smallest absolute Gasteiger partial charge is 0.0750 e. The molecule has 0 aliphatic carbocycles. The van der Waals surface area contributed by atoms with E-state index in [2.05, 4.69) is 19.2 Å².